The molecule has 5 nitrogen and oxygen atoms in total. The average molecular weight is 310 g/mol. The lowest BCUT2D eigenvalue weighted by Crippen LogP contribution is -2.14. The molecule has 0 N–H and O–H groups in total. The number of hydrogen-bond acceptors (Lipinski definition) is 4. The topological polar surface area (TPSA) is 57.3 Å². The Morgan fingerprint density at radius 2 is 2.00 bits per heavy atom. The molecule has 6 heteroatoms. The van der Waals surface area contributed by atoms with Gasteiger partial charge in [0.15, 0.2) is 11.3 Å². The first-order chi connectivity index (χ1) is 11.2. The molecule has 0 bridgehead atoms. The van der Waals surface area contributed by atoms with Crippen LogP contribution in [0.1, 0.15) is 0 Å². The van der Waals surface area contributed by atoms with E-state index in [1.165, 1.54) is 18.2 Å². The van der Waals surface area contributed by atoms with Gasteiger partial charge in [-0.25, -0.2) is 4.39 Å². The number of methoxy groups -OCH3 is 1. The molecule has 0 aliphatic carbocycles. The lowest BCUT2D eigenvalue weighted by atomic mass is 10.1. The van der Waals surface area contributed by atoms with Crippen LogP contribution < -0.4 is 10.3 Å². The van der Waals surface area contributed by atoms with E-state index in [4.69, 9.17) is 9.15 Å². The zero-order chi connectivity index (χ0) is 16.0. The summed E-state index contributed by atoms with van der Waals surface area (Å²) in [5.41, 5.74) is 0.817. The van der Waals surface area contributed by atoms with Crippen molar-refractivity contribution < 1.29 is 13.5 Å². The van der Waals surface area contributed by atoms with Crippen LogP contribution in [0.3, 0.4) is 0 Å². The van der Waals surface area contributed by atoms with Gasteiger partial charge in [-0.05, 0) is 30.3 Å². The van der Waals surface area contributed by atoms with E-state index in [1.54, 1.807) is 25.3 Å². The summed E-state index contributed by atoms with van der Waals surface area (Å²) in [6.07, 6.45) is 0. The Hall–Kier alpha value is -3.15. The lowest BCUT2D eigenvalue weighted by Gasteiger charge is -2.04. The van der Waals surface area contributed by atoms with E-state index < -0.39 is 5.82 Å². The maximum atomic E-state index is 13.4. The molecule has 0 unspecified atom stereocenters. The number of para-hydroxylation sites is 1. The summed E-state index contributed by atoms with van der Waals surface area (Å²) in [5.74, 6) is 0.290. The van der Waals surface area contributed by atoms with Crippen LogP contribution in [0.2, 0.25) is 0 Å². The van der Waals surface area contributed by atoms with Gasteiger partial charge in [0.25, 0.3) is 5.56 Å². The third kappa shape index (κ3) is 2.07. The maximum absolute atomic E-state index is 13.4. The molecule has 2 aromatic rings. The summed E-state index contributed by atoms with van der Waals surface area (Å²) in [4.78, 5) is 12.5. The Morgan fingerprint density at radius 3 is 2.78 bits per heavy atom. The fourth-order valence-electron chi connectivity index (χ4n) is 2.55. The molecule has 0 radical (unpaired) electrons. The van der Waals surface area contributed by atoms with Gasteiger partial charge in [-0.1, -0.05) is 18.2 Å². The van der Waals surface area contributed by atoms with Gasteiger partial charge in [-0.3, -0.25) is 4.79 Å². The third-order valence-electron chi connectivity index (χ3n) is 3.62. The summed E-state index contributed by atoms with van der Waals surface area (Å²) in [5, 5.41) is 4.89. The molecule has 0 saturated carbocycles. The molecule has 23 heavy (non-hydrogen) atoms. The van der Waals surface area contributed by atoms with Gasteiger partial charge in [-0.2, -0.15) is 4.68 Å². The number of rotatable bonds is 2. The Morgan fingerprint density at radius 1 is 1.17 bits per heavy atom. The Kier molecular flexibility index (Phi) is 2.90. The highest BCUT2D eigenvalue weighted by atomic mass is 19.1. The first kappa shape index (κ1) is 13.5. The van der Waals surface area contributed by atoms with E-state index in [-0.39, 0.29) is 11.4 Å². The number of hydrogen-bond donors (Lipinski definition) is 0. The molecular weight excluding hydrogens is 299 g/mol. The first-order valence-electron chi connectivity index (χ1n) is 6.93. The van der Waals surface area contributed by atoms with Crippen molar-refractivity contribution in [1.29, 1.82) is 0 Å². The first-order valence-corrected chi connectivity index (χ1v) is 6.93. The summed E-state index contributed by atoms with van der Waals surface area (Å²) in [6.45, 7) is 0. The van der Waals surface area contributed by atoms with Gasteiger partial charge in [-0.15, -0.1) is 5.10 Å². The molecular formula is C17H11FN2O3. The summed E-state index contributed by atoms with van der Waals surface area (Å²) in [6, 6.07) is 12.8. The van der Waals surface area contributed by atoms with Gasteiger partial charge in [0, 0.05) is 5.39 Å². The normalized spacial score (nSPS) is 11.2. The molecule has 0 aromatic heterocycles. The van der Waals surface area contributed by atoms with Crippen LogP contribution in [0.25, 0.3) is 28.1 Å². The predicted molar refractivity (Wildman–Crippen MR) is 82.7 cm³/mol. The van der Waals surface area contributed by atoms with E-state index in [9.17, 15) is 9.18 Å². The third-order valence-corrected chi connectivity index (χ3v) is 3.62. The summed E-state index contributed by atoms with van der Waals surface area (Å²) < 4.78 is 25.5. The zero-order valence-corrected chi connectivity index (χ0v) is 12.1. The smallest absolute Gasteiger partial charge is 0.284 e. The zero-order valence-electron chi connectivity index (χ0n) is 12.1. The van der Waals surface area contributed by atoms with Crippen molar-refractivity contribution in [3.8, 4) is 22.9 Å². The Balaban J connectivity index is 2.03. The largest absolute Gasteiger partial charge is 0.493 e. The van der Waals surface area contributed by atoms with Crippen LogP contribution in [-0.2, 0) is 0 Å². The average Bonchev–Trinajstić information content (AvgIpc) is 2.89. The SMILES string of the molecule is COc1cccc2cc3c(=O)n(-c4cccc(F)c4)nc-3oc12. The monoisotopic (exact) mass is 310 g/mol. The van der Waals surface area contributed by atoms with Crippen LogP contribution in [0.15, 0.2) is 57.7 Å². The number of fused-ring (bicyclic) bond motifs is 2. The van der Waals surface area contributed by atoms with Crippen molar-refractivity contribution in [2.45, 2.75) is 0 Å². The maximum Gasteiger partial charge on any atom is 0.284 e. The molecule has 2 aliphatic rings. The van der Waals surface area contributed by atoms with Crippen molar-refractivity contribution in [1.82, 2.24) is 9.78 Å². The molecule has 114 valence electrons. The summed E-state index contributed by atoms with van der Waals surface area (Å²) in [7, 11) is 1.54. The number of benzene rings is 2. The fourth-order valence-corrected chi connectivity index (χ4v) is 2.55. The van der Waals surface area contributed by atoms with Crippen LogP contribution in [0, 0.1) is 5.82 Å². The van der Waals surface area contributed by atoms with Gasteiger partial charge >= 0.3 is 0 Å². The Bertz CT molecular complexity index is 1050. The standard InChI is InChI=1S/C17H11FN2O3/c1-22-14-7-2-4-10-8-13-16(23-15(10)14)19-20(17(13)21)12-6-3-5-11(18)9-12/h2-9H,1H3. The molecule has 2 aromatic carbocycles. The minimum atomic E-state index is -0.440. The van der Waals surface area contributed by atoms with Crippen LogP contribution in [0.4, 0.5) is 4.39 Å². The van der Waals surface area contributed by atoms with E-state index in [1.807, 2.05) is 12.1 Å². The lowest BCUT2D eigenvalue weighted by molar-refractivity contribution is 0.409. The van der Waals surface area contributed by atoms with Crippen molar-refractivity contribution in [2.75, 3.05) is 7.11 Å². The molecule has 0 saturated heterocycles. The fraction of sp³-hybridized carbons (Fsp3) is 0.0588. The molecule has 0 fully saturated rings. The highest BCUT2D eigenvalue weighted by Gasteiger charge is 2.20. The Labute approximate surface area is 129 Å². The van der Waals surface area contributed by atoms with Crippen molar-refractivity contribution in [2.24, 2.45) is 0 Å². The van der Waals surface area contributed by atoms with Crippen molar-refractivity contribution in [3.05, 3.63) is 64.7 Å². The van der Waals surface area contributed by atoms with Gasteiger partial charge in [0.05, 0.1) is 12.8 Å². The van der Waals surface area contributed by atoms with E-state index in [0.717, 1.165) is 10.1 Å². The van der Waals surface area contributed by atoms with E-state index >= 15 is 0 Å². The molecule has 0 atom stereocenters. The number of nitrogens with zero attached hydrogens (tertiary/aromatic N) is 2. The minimum absolute atomic E-state index is 0.177. The summed E-state index contributed by atoms with van der Waals surface area (Å²) >= 11 is 0. The van der Waals surface area contributed by atoms with Gasteiger partial charge < -0.3 is 9.15 Å². The second-order valence-corrected chi connectivity index (χ2v) is 5.04. The van der Waals surface area contributed by atoms with Crippen LogP contribution in [-0.4, -0.2) is 16.9 Å². The quantitative estimate of drug-likeness (QED) is 0.570. The molecule has 4 rings (SSSR count). The molecule has 2 heterocycles. The van der Waals surface area contributed by atoms with Crippen molar-refractivity contribution in [3.63, 3.8) is 0 Å². The van der Waals surface area contributed by atoms with Gasteiger partial charge in [0.1, 0.15) is 11.4 Å². The highest BCUT2D eigenvalue weighted by Crippen LogP contribution is 2.31. The van der Waals surface area contributed by atoms with E-state index in [2.05, 4.69) is 5.10 Å². The van der Waals surface area contributed by atoms with Crippen molar-refractivity contribution >= 4 is 11.0 Å². The van der Waals surface area contributed by atoms with E-state index in [0.29, 0.717) is 22.6 Å². The molecule has 0 amide bonds. The number of ether oxygens (including phenoxy) is 1. The van der Waals surface area contributed by atoms with Crippen LogP contribution >= 0.6 is 0 Å². The second-order valence-electron chi connectivity index (χ2n) is 5.04. The predicted octanol–water partition coefficient (Wildman–Crippen LogP) is 3.23. The molecule has 2 aliphatic heterocycles. The van der Waals surface area contributed by atoms with Gasteiger partial charge in [0.2, 0.25) is 5.89 Å². The molecule has 0 spiro atoms. The number of halogens is 1. The minimum Gasteiger partial charge on any atom is -0.493 e. The highest BCUT2D eigenvalue weighted by molar-refractivity contribution is 5.86. The number of aromatic nitrogens is 2. The second kappa shape index (κ2) is 4.95. The van der Waals surface area contributed by atoms with Crippen LogP contribution in [0.5, 0.6) is 5.75 Å².